The van der Waals surface area contributed by atoms with Crippen molar-refractivity contribution in [2.45, 2.75) is 6.92 Å². The molecule has 0 radical (unpaired) electrons. The van der Waals surface area contributed by atoms with Gasteiger partial charge in [-0.15, -0.1) is 0 Å². The van der Waals surface area contributed by atoms with Crippen LogP contribution in [0.2, 0.25) is 0 Å². The van der Waals surface area contributed by atoms with Gasteiger partial charge in [0.1, 0.15) is 0 Å². The van der Waals surface area contributed by atoms with Gasteiger partial charge in [-0.05, 0) is 31.2 Å². The van der Waals surface area contributed by atoms with E-state index in [2.05, 4.69) is 4.98 Å². The molecule has 140 valence electrons. The zero-order valence-electron chi connectivity index (χ0n) is 15.3. The molecule has 2 aliphatic rings. The Balaban J connectivity index is 1.51. The number of aryl methyl sites for hydroxylation is 1. The first-order valence-corrected chi connectivity index (χ1v) is 9.20. The van der Waals surface area contributed by atoms with Crippen LogP contribution in [0.15, 0.2) is 48.7 Å². The quantitative estimate of drug-likeness (QED) is 0.897. The molecule has 0 unspecified atom stereocenters. The van der Waals surface area contributed by atoms with E-state index in [4.69, 9.17) is 0 Å². The molecule has 0 aliphatic carbocycles. The molecular formula is C21H23N3O3. The van der Waals surface area contributed by atoms with Gasteiger partial charge in [-0.25, -0.2) is 0 Å². The van der Waals surface area contributed by atoms with Gasteiger partial charge in [-0.2, -0.15) is 0 Å². The van der Waals surface area contributed by atoms with Crippen LogP contribution in [0.25, 0.3) is 0 Å². The fourth-order valence-electron chi connectivity index (χ4n) is 4.36. The first-order valence-electron chi connectivity index (χ1n) is 9.20. The van der Waals surface area contributed by atoms with Gasteiger partial charge in [0, 0.05) is 55.0 Å². The summed E-state index contributed by atoms with van der Waals surface area (Å²) < 4.78 is 0. The normalized spacial score (nSPS) is 24.1. The number of amides is 2. The Morgan fingerprint density at radius 3 is 2.33 bits per heavy atom. The molecule has 2 amide bonds. The minimum atomic E-state index is -0.448. The van der Waals surface area contributed by atoms with Crippen LogP contribution in [0.5, 0.6) is 0 Å². The topological polar surface area (TPSA) is 73.7 Å². The van der Waals surface area contributed by atoms with Crippen molar-refractivity contribution in [2.75, 3.05) is 32.8 Å². The maximum absolute atomic E-state index is 12.9. The standard InChI is InChI=1S/C21H23N3O3/c1-15-18(8-5-9-22-15)20(27)24-11-17-10-23(12-21(17,13-24)14-25)19(26)16-6-3-2-4-7-16/h2-9,17,25H,10-14H2,1H3/t17-,21+/m1/s1. The number of benzene rings is 1. The molecule has 27 heavy (non-hydrogen) atoms. The molecule has 4 rings (SSSR count). The van der Waals surface area contributed by atoms with Crippen molar-refractivity contribution < 1.29 is 14.7 Å². The lowest BCUT2D eigenvalue weighted by Gasteiger charge is -2.27. The number of aliphatic hydroxyl groups is 1. The van der Waals surface area contributed by atoms with E-state index in [1.807, 2.05) is 42.2 Å². The van der Waals surface area contributed by atoms with E-state index in [1.54, 1.807) is 23.2 Å². The van der Waals surface area contributed by atoms with E-state index in [0.717, 1.165) is 0 Å². The van der Waals surface area contributed by atoms with Crippen LogP contribution in [0.4, 0.5) is 0 Å². The van der Waals surface area contributed by atoms with Crippen LogP contribution < -0.4 is 0 Å². The number of aliphatic hydroxyl groups excluding tert-OH is 1. The van der Waals surface area contributed by atoms with Gasteiger partial charge in [-0.3, -0.25) is 14.6 Å². The predicted octanol–water partition coefficient (Wildman–Crippen LogP) is 1.60. The van der Waals surface area contributed by atoms with Crippen molar-refractivity contribution in [1.29, 1.82) is 0 Å². The number of aromatic nitrogens is 1. The van der Waals surface area contributed by atoms with E-state index in [9.17, 15) is 14.7 Å². The lowest BCUT2D eigenvalue weighted by atomic mass is 9.82. The molecule has 2 aliphatic heterocycles. The highest BCUT2D eigenvalue weighted by atomic mass is 16.3. The molecule has 1 aromatic carbocycles. The van der Waals surface area contributed by atoms with Gasteiger partial charge < -0.3 is 14.9 Å². The summed E-state index contributed by atoms with van der Waals surface area (Å²) >= 11 is 0. The molecule has 2 atom stereocenters. The van der Waals surface area contributed by atoms with E-state index in [1.165, 1.54) is 0 Å². The third-order valence-corrected chi connectivity index (χ3v) is 5.91. The van der Waals surface area contributed by atoms with Crippen molar-refractivity contribution in [3.8, 4) is 0 Å². The van der Waals surface area contributed by atoms with E-state index >= 15 is 0 Å². The Morgan fingerprint density at radius 2 is 1.74 bits per heavy atom. The van der Waals surface area contributed by atoms with Crippen LogP contribution in [0.3, 0.4) is 0 Å². The van der Waals surface area contributed by atoms with Crippen LogP contribution in [-0.2, 0) is 0 Å². The summed E-state index contributed by atoms with van der Waals surface area (Å²) in [7, 11) is 0. The van der Waals surface area contributed by atoms with Gasteiger partial charge >= 0.3 is 0 Å². The zero-order chi connectivity index (χ0) is 19.0. The van der Waals surface area contributed by atoms with E-state index < -0.39 is 5.41 Å². The summed E-state index contributed by atoms with van der Waals surface area (Å²) in [5, 5.41) is 10.1. The van der Waals surface area contributed by atoms with Crippen molar-refractivity contribution >= 4 is 11.8 Å². The van der Waals surface area contributed by atoms with E-state index in [-0.39, 0.29) is 24.3 Å². The Bertz CT molecular complexity index is 870. The zero-order valence-corrected chi connectivity index (χ0v) is 15.3. The Labute approximate surface area is 158 Å². The summed E-state index contributed by atoms with van der Waals surface area (Å²) in [5.74, 6) is 0.0126. The number of hydrogen-bond acceptors (Lipinski definition) is 4. The molecule has 0 saturated carbocycles. The van der Waals surface area contributed by atoms with Crippen molar-refractivity contribution in [3.05, 3.63) is 65.5 Å². The third kappa shape index (κ3) is 3.00. The molecule has 0 bridgehead atoms. The first-order chi connectivity index (χ1) is 13.0. The highest BCUT2D eigenvalue weighted by molar-refractivity contribution is 5.96. The summed E-state index contributed by atoms with van der Waals surface area (Å²) in [6.07, 6.45) is 1.67. The smallest absolute Gasteiger partial charge is 0.255 e. The van der Waals surface area contributed by atoms with Crippen molar-refractivity contribution in [3.63, 3.8) is 0 Å². The SMILES string of the molecule is Cc1ncccc1C(=O)N1C[C@H]2CN(C(=O)c3ccccc3)C[C@@]2(CO)C1. The molecule has 2 aromatic rings. The van der Waals surface area contributed by atoms with Crippen LogP contribution in [0.1, 0.15) is 26.4 Å². The van der Waals surface area contributed by atoms with Gasteiger partial charge in [0.15, 0.2) is 0 Å². The number of rotatable bonds is 3. The summed E-state index contributed by atoms with van der Waals surface area (Å²) in [6, 6.07) is 12.8. The van der Waals surface area contributed by atoms with Crippen molar-refractivity contribution in [1.82, 2.24) is 14.8 Å². The number of likely N-dealkylation sites (tertiary alicyclic amines) is 2. The second-order valence-corrected chi connectivity index (χ2v) is 7.59. The molecule has 3 heterocycles. The van der Waals surface area contributed by atoms with Crippen LogP contribution in [0, 0.1) is 18.3 Å². The fourth-order valence-corrected chi connectivity index (χ4v) is 4.36. The Hall–Kier alpha value is -2.73. The lowest BCUT2D eigenvalue weighted by molar-refractivity contribution is 0.0666. The first kappa shape index (κ1) is 17.7. The summed E-state index contributed by atoms with van der Waals surface area (Å²) in [6.45, 7) is 3.83. The number of carbonyl (C=O) groups excluding carboxylic acids is 2. The van der Waals surface area contributed by atoms with Gasteiger partial charge in [-0.1, -0.05) is 18.2 Å². The maximum atomic E-state index is 12.9. The van der Waals surface area contributed by atoms with Gasteiger partial charge in [0.25, 0.3) is 11.8 Å². The lowest BCUT2D eigenvalue weighted by Crippen LogP contribution is -2.40. The second kappa shape index (κ2) is 6.78. The number of fused-ring (bicyclic) bond motifs is 1. The number of pyridine rings is 1. The number of hydrogen-bond donors (Lipinski definition) is 1. The fraction of sp³-hybridized carbons (Fsp3) is 0.381. The molecule has 2 fully saturated rings. The maximum Gasteiger partial charge on any atom is 0.255 e. The largest absolute Gasteiger partial charge is 0.396 e. The molecule has 6 nitrogen and oxygen atoms in total. The highest BCUT2D eigenvalue weighted by Crippen LogP contribution is 2.43. The Kier molecular flexibility index (Phi) is 4.44. The highest BCUT2D eigenvalue weighted by Gasteiger charge is 2.54. The predicted molar refractivity (Wildman–Crippen MR) is 100 cm³/mol. The monoisotopic (exact) mass is 365 g/mol. The van der Waals surface area contributed by atoms with Crippen LogP contribution in [-0.4, -0.2) is 64.5 Å². The van der Waals surface area contributed by atoms with Gasteiger partial charge in [0.05, 0.1) is 12.2 Å². The summed E-state index contributed by atoms with van der Waals surface area (Å²) in [5.41, 5.74) is 1.52. The number of nitrogens with zero attached hydrogens (tertiary/aromatic N) is 3. The minimum Gasteiger partial charge on any atom is -0.396 e. The molecule has 6 heteroatoms. The third-order valence-electron chi connectivity index (χ3n) is 5.91. The second-order valence-electron chi connectivity index (χ2n) is 7.59. The van der Waals surface area contributed by atoms with Crippen molar-refractivity contribution in [2.24, 2.45) is 11.3 Å². The molecule has 1 aromatic heterocycles. The Morgan fingerprint density at radius 1 is 1.07 bits per heavy atom. The number of carbonyl (C=O) groups is 2. The van der Waals surface area contributed by atoms with Gasteiger partial charge in [0.2, 0.25) is 0 Å². The minimum absolute atomic E-state index is 0.0150. The average Bonchev–Trinajstić information content (AvgIpc) is 3.23. The molecule has 1 N–H and O–H groups in total. The average molecular weight is 365 g/mol. The van der Waals surface area contributed by atoms with Crippen LogP contribution >= 0.6 is 0 Å². The van der Waals surface area contributed by atoms with E-state index in [0.29, 0.717) is 43.0 Å². The molecule has 2 saturated heterocycles. The molecular weight excluding hydrogens is 342 g/mol. The summed E-state index contributed by atoms with van der Waals surface area (Å²) in [4.78, 5) is 33.5. The molecule has 0 spiro atoms.